The van der Waals surface area contributed by atoms with E-state index in [0.717, 1.165) is 54.1 Å². The molecule has 4 aromatic carbocycles. The Labute approximate surface area is 235 Å². The van der Waals surface area contributed by atoms with E-state index in [4.69, 9.17) is 33.2 Å². The fourth-order valence-electron chi connectivity index (χ4n) is 4.80. The summed E-state index contributed by atoms with van der Waals surface area (Å²) in [4.78, 5) is 0. The highest BCUT2D eigenvalue weighted by molar-refractivity contribution is 5.59. The van der Waals surface area contributed by atoms with Crippen LogP contribution in [0.3, 0.4) is 0 Å². The average Bonchev–Trinajstić information content (AvgIpc) is 3.48. The first-order chi connectivity index (χ1) is 19.6. The number of benzene rings is 4. The van der Waals surface area contributed by atoms with Gasteiger partial charge < -0.3 is 33.2 Å². The molecule has 7 nitrogen and oxygen atoms in total. The summed E-state index contributed by atoms with van der Waals surface area (Å²) in [7, 11) is 6.63. The van der Waals surface area contributed by atoms with Crippen molar-refractivity contribution in [2.45, 2.75) is 25.7 Å². The first kappa shape index (κ1) is 27.1. The Morgan fingerprint density at radius 2 is 1.20 bits per heavy atom. The van der Waals surface area contributed by atoms with Crippen LogP contribution in [0.2, 0.25) is 0 Å². The molecule has 0 radical (unpaired) electrons. The topological polar surface area (TPSA) is 64.6 Å². The normalized spacial score (nSPS) is 11.7. The molecule has 0 saturated heterocycles. The van der Waals surface area contributed by atoms with Crippen LogP contribution in [0.15, 0.2) is 72.8 Å². The second kappa shape index (κ2) is 12.6. The Morgan fingerprint density at radius 3 is 1.85 bits per heavy atom. The zero-order chi connectivity index (χ0) is 27.9. The molecule has 1 aliphatic rings. The summed E-state index contributed by atoms with van der Waals surface area (Å²) in [6, 6.07) is 24.0. The van der Waals surface area contributed by atoms with Gasteiger partial charge in [0.2, 0.25) is 12.5 Å². The van der Waals surface area contributed by atoms with E-state index in [9.17, 15) is 0 Å². The molecular formula is C33H34O7. The fraction of sp³-hybridized carbons (Fsp3) is 0.273. The molecule has 7 heteroatoms. The van der Waals surface area contributed by atoms with E-state index >= 15 is 0 Å². The highest BCUT2D eigenvalue weighted by Crippen LogP contribution is 2.46. The lowest BCUT2D eigenvalue weighted by Gasteiger charge is -2.17. The van der Waals surface area contributed by atoms with Gasteiger partial charge >= 0.3 is 0 Å². The average molecular weight is 543 g/mol. The van der Waals surface area contributed by atoms with Gasteiger partial charge in [-0.25, -0.2) is 0 Å². The predicted octanol–water partition coefficient (Wildman–Crippen LogP) is 6.81. The number of rotatable bonds is 12. The van der Waals surface area contributed by atoms with Crippen LogP contribution in [0.5, 0.6) is 46.0 Å². The molecule has 40 heavy (non-hydrogen) atoms. The summed E-state index contributed by atoms with van der Waals surface area (Å²) >= 11 is 0. The lowest BCUT2D eigenvalue weighted by molar-refractivity contribution is 0.171. The van der Waals surface area contributed by atoms with E-state index in [1.807, 2.05) is 54.6 Å². The van der Waals surface area contributed by atoms with E-state index in [1.165, 1.54) is 11.1 Å². The largest absolute Gasteiger partial charge is 0.497 e. The van der Waals surface area contributed by atoms with Gasteiger partial charge in [-0.3, -0.25) is 0 Å². The summed E-state index contributed by atoms with van der Waals surface area (Å²) in [6.45, 7) is 0.149. The lowest BCUT2D eigenvalue weighted by Crippen LogP contribution is -2.00. The van der Waals surface area contributed by atoms with Gasteiger partial charge in [0.05, 0.1) is 28.4 Å². The molecule has 1 heterocycles. The molecule has 0 spiro atoms. The van der Waals surface area contributed by atoms with Crippen molar-refractivity contribution in [2.75, 3.05) is 35.2 Å². The summed E-state index contributed by atoms with van der Waals surface area (Å²) in [5.74, 6) is 5.40. The minimum absolute atomic E-state index is 0.149. The molecule has 1 aliphatic heterocycles. The number of methoxy groups -OCH3 is 4. The van der Waals surface area contributed by atoms with Gasteiger partial charge in [0.1, 0.15) is 17.2 Å². The van der Waals surface area contributed by atoms with Gasteiger partial charge in [0.25, 0.3) is 0 Å². The molecule has 0 fully saturated rings. The van der Waals surface area contributed by atoms with Crippen molar-refractivity contribution in [1.82, 2.24) is 0 Å². The SMILES string of the molecule is COc1cccc(CCc2cc3c(c(Oc4cc(CCc5cccc(OC)c5)c(OC)cc4OC)c2)OCO3)c1. The van der Waals surface area contributed by atoms with E-state index in [0.29, 0.717) is 28.7 Å². The molecule has 4 aromatic rings. The molecule has 0 saturated carbocycles. The van der Waals surface area contributed by atoms with Gasteiger partial charge in [-0.05, 0) is 90.4 Å². The second-order valence-corrected chi connectivity index (χ2v) is 9.45. The number of aryl methyl sites for hydroxylation is 4. The van der Waals surface area contributed by atoms with Gasteiger partial charge in [-0.15, -0.1) is 0 Å². The van der Waals surface area contributed by atoms with Crippen LogP contribution in [0.1, 0.15) is 22.3 Å². The van der Waals surface area contributed by atoms with Crippen molar-refractivity contribution in [3.05, 3.63) is 95.1 Å². The van der Waals surface area contributed by atoms with Gasteiger partial charge in [-0.2, -0.15) is 0 Å². The van der Waals surface area contributed by atoms with Crippen LogP contribution >= 0.6 is 0 Å². The lowest BCUT2D eigenvalue weighted by atomic mass is 10.0. The maximum atomic E-state index is 6.48. The number of fused-ring (bicyclic) bond motifs is 1. The third-order valence-electron chi connectivity index (χ3n) is 6.94. The summed E-state index contributed by atoms with van der Waals surface area (Å²) < 4.78 is 40.1. The first-order valence-corrected chi connectivity index (χ1v) is 13.2. The Balaban J connectivity index is 1.40. The second-order valence-electron chi connectivity index (χ2n) is 9.45. The Hall–Kier alpha value is -4.52. The van der Waals surface area contributed by atoms with Crippen molar-refractivity contribution in [3.63, 3.8) is 0 Å². The van der Waals surface area contributed by atoms with Gasteiger partial charge in [-0.1, -0.05) is 24.3 Å². The smallest absolute Gasteiger partial charge is 0.231 e. The number of hydrogen-bond acceptors (Lipinski definition) is 7. The Morgan fingerprint density at radius 1 is 0.550 bits per heavy atom. The highest BCUT2D eigenvalue weighted by atomic mass is 16.7. The molecule has 0 amide bonds. The molecule has 0 atom stereocenters. The van der Waals surface area contributed by atoms with Crippen molar-refractivity contribution >= 4 is 0 Å². The fourth-order valence-corrected chi connectivity index (χ4v) is 4.80. The third kappa shape index (κ3) is 6.20. The van der Waals surface area contributed by atoms with E-state index in [1.54, 1.807) is 28.4 Å². The number of ether oxygens (including phenoxy) is 7. The molecule has 0 aromatic heterocycles. The minimum Gasteiger partial charge on any atom is -0.497 e. The van der Waals surface area contributed by atoms with Crippen molar-refractivity contribution < 1.29 is 33.2 Å². The third-order valence-corrected chi connectivity index (χ3v) is 6.94. The summed E-state index contributed by atoms with van der Waals surface area (Å²) in [6.07, 6.45) is 3.20. The van der Waals surface area contributed by atoms with Crippen LogP contribution in [0.25, 0.3) is 0 Å². The van der Waals surface area contributed by atoms with Crippen LogP contribution in [-0.2, 0) is 25.7 Å². The molecule has 0 bridgehead atoms. The maximum absolute atomic E-state index is 6.48. The van der Waals surface area contributed by atoms with Crippen LogP contribution in [-0.4, -0.2) is 35.2 Å². The van der Waals surface area contributed by atoms with E-state index < -0.39 is 0 Å². The molecular weight excluding hydrogens is 508 g/mol. The molecule has 0 unspecified atom stereocenters. The molecule has 208 valence electrons. The highest BCUT2D eigenvalue weighted by Gasteiger charge is 2.23. The first-order valence-electron chi connectivity index (χ1n) is 13.2. The van der Waals surface area contributed by atoms with E-state index in [-0.39, 0.29) is 6.79 Å². The zero-order valence-corrected chi connectivity index (χ0v) is 23.3. The van der Waals surface area contributed by atoms with Crippen molar-refractivity contribution in [1.29, 1.82) is 0 Å². The van der Waals surface area contributed by atoms with Crippen molar-refractivity contribution in [3.8, 4) is 46.0 Å². The molecule has 0 aliphatic carbocycles. The van der Waals surface area contributed by atoms with Crippen molar-refractivity contribution in [2.24, 2.45) is 0 Å². The monoisotopic (exact) mass is 542 g/mol. The van der Waals surface area contributed by atoms with Crippen LogP contribution in [0.4, 0.5) is 0 Å². The quantitative estimate of drug-likeness (QED) is 0.195. The van der Waals surface area contributed by atoms with Gasteiger partial charge in [0.15, 0.2) is 23.0 Å². The standard InChI is InChI=1S/C33H34O7/c1-34-26-9-5-7-22(15-26)11-12-24-17-31-33(39-21-38-31)32(18-24)40-30-19-25(28(36-3)20-29(30)37-4)14-13-23-8-6-10-27(16-23)35-2/h5-10,15-20H,11-14,21H2,1-4H3. The molecule has 0 N–H and O–H groups in total. The predicted molar refractivity (Wildman–Crippen MR) is 153 cm³/mol. The Kier molecular flexibility index (Phi) is 8.50. The van der Waals surface area contributed by atoms with Gasteiger partial charge in [0, 0.05) is 6.07 Å². The number of hydrogen-bond donors (Lipinski definition) is 0. The zero-order valence-electron chi connectivity index (χ0n) is 23.3. The molecule has 5 rings (SSSR count). The Bertz CT molecular complexity index is 1460. The van der Waals surface area contributed by atoms with Crippen LogP contribution in [0, 0.1) is 0 Å². The minimum atomic E-state index is 0.149. The maximum Gasteiger partial charge on any atom is 0.231 e. The van der Waals surface area contributed by atoms with E-state index in [2.05, 4.69) is 18.2 Å². The summed E-state index contributed by atoms with van der Waals surface area (Å²) in [5.41, 5.74) is 4.45. The van der Waals surface area contributed by atoms with Crippen LogP contribution < -0.4 is 33.2 Å². The summed E-state index contributed by atoms with van der Waals surface area (Å²) in [5, 5.41) is 0.